The number of carbonyl (C=O) groups excluding carboxylic acids is 4. The van der Waals surface area contributed by atoms with Gasteiger partial charge in [0.25, 0.3) is 17.7 Å². The fourth-order valence-electron chi connectivity index (χ4n) is 2.42. The molecule has 1 aromatic heterocycles. The lowest BCUT2D eigenvalue weighted by Crippen LogP contribution is -2.46. The maximum absolute atomic E-state index is 13.8. The van der Waals surface area contributed by atoms with Gasteiger partial charge in [-0.15, -0.1) is 11.3 Å². The molecule has 8 nitrogen and oxygen atoms in total. The maximum atomic E-state index is 13.8. The summed E-state index contributed by atoms with van der Waals surface area (Å²) in [4.78, 5) is 47.8. The van der Waals surface area contributed by atoms with Crippen molar-refractivity contribution in [3.8, 4) is 0 Å². The zero-order chi connectivity index (χ0) is 22.4. The summed E-state index contributed by atoms with van der Waals surface area (Å²) < 4.78 is 32.5. The third kappa shape index (κ3) is 5.60. The summed E-state index contributed by atoms with van der Waals surface area (Å²) in [5.41, 5.74) is 4.46. The lowest BCUT2D eigenvalue weighted by atomic mass is 10.0. The van der Waals surface area contributed by atoms with Gasteiger partial charge < -0.3 is 21.1 Å². The van der Waals surface area contributed by atoms with Gasteiger partial charge in [-0.05, 0) is 29.5 Å². The first-order valence-corrected chi connectivity index (χ1v) is 9.58. The average Bonchev–Trinajstić information content (AvgIpc) is 3.12. The largest absolute Gasteiger partial charge is 0.454 e. The highest BCUT2D eigenvalue weighted by atomic mass is 32.1. The zero-order valence-electron chi connectivity index (χ0n) is 16.0. The Morgan fingerprint density at radius 3 is 2.33 bits per heavy atom. The van der Waals surface area contributed by atoms with Crippen LogP contribution < -0.4 is 16.4 Å². The molecule has 4 N–H and O–H groups in total. The molecule has 3 amide bonds. The number of hydrogen-bond donors (Lipinski definition) is 3. The summed E-state index contributed by atoms with van der Waals surface area (Å²) in [5.74, 6) is -6.22. The maximum Gasteiger partial charge on any atom is 0.329 e. The van der Waals surface area contributed by atoms with Gasteiger partial charge in [0.15, 0.2) is 6.61 Å². The predicted molar refractivity (Wildman–Crippen MR) is 105 cm³/mol. The van der Waals surface area contributed by atoms with Gasteiger partial charge in [0.1, 0.15) is 28.2 Å². The summed E-state index contributed by atoms with van der Waals surface area (Å²) in [5, 5.41) is 6.37. The van der Waals surface area contributed by atoms with Crippen molar-refractivity contribution >= 4 is 40.0 Å². The van der Waals surface area contributed by atoms with Gasteiger partial charge in [-0.3, -0.25) is 14.4 Å². The van der Waals surface area contributed by atoms with Crippen LogP contribution >= 0.6 is 11.3 Å². The number of amides is 3. The summed E-state index contributed by atoms with van der Waals surface area (Å²) >= 11 is 1.06. The molecular formula is C19H19F2N3O5S. The number of anilines is 1. The molecule has 1 heterocycles. The number of ether oxygens (including phenoxy) is 1. The number of nitrogens with one attached hydrogen (secondary N) is 2. The standard InChI is InChI=1S/C19H19F2N3O5S/c1-9(2)15(24-17(27)14-11(20)4-3-5-12(14)21)19(28)29-8-13(25)23-18-10(16(22)26)6-7-30-18/h3-7,9,15H,8H2,1-2H3,(H2,22,26)(H,23,25)(H,24,27). The van der Waals surface area contributed by atoms with Crippen molar-refractivity contribution in [2.75, 3.05) is 11.9 Å². The van der Waals surface area contributed by atoms with E-state index < -0.39 is 59.5 Å². The molecule has 1 unspecified atom stereocenters. The Bertz CT molecular complexity index is 957. The van der Waals surface area contributed by atoms with Crippen LogP contribution in [0.4, 0.5) is 13.8 Å². The third-order valence-corrected chi connectivity index (χ3v) is 4.76. The van der Waals surface area contributed by atoms with Crippen LogP contribution in [0.1, 0.15) is 34.6 Å². The number of carbonyl (C=O) groups is 4. The number of halogens is 2. The van der Waals surface area contributed by atoms with Crippen LogP contribution in [-0.4, -0.2) is 36.3 Å². The summed E-state index contributed by atoms with van der Waals surface area (Å²) in [6.07, 6.45) is 0. The van der Waals surface area contributed by atoms with E-state index in [1.807, 2.05) is 0 Å². The van der Waals surface area contributed by atoms with Crippen LogP contribution in [-0.2, 0) is 14.3 Å². The Kier molecular flexibility index (Phi) is 7.59. The third-order valence-electron chi connectivity index (χ3n) is 3.93. The van der Waals surface area contributed by atoms with E-state index in [0.717, 1.165) is 29.5 Å². The van der Waals surface area contributed by atoms with Gasteiger partial charge >= 0.3 is 5.97 Å². The Morgan fingerprint density at radius 2 is 1.77 bits per heavy atom. The molecule has 2 aromatic rings. The van der Waals surface area contributed by atoms with E-state index in [2.05, 4.69) is 10.6 Å². The molecule has 0 spiro atoms. The van der Waals surface area contributed by atoms with Crippen LogP contribution in [0.25, 0.3) is 0 Å². The highest BCUT2D eigenvalue weighted by molar-refractivity contribution is 7.14. The summed E-state index contributed by atoms with van der Waals surface area (Å²) in [7, 11) is 0. The highest BCUT2D eigenvalue weighted by Gasteiger charge is 2.29. The molecule has 160 valence electrons. The smallest absolute Gasteiger partial charge is 0.329 e. The molecule has 0 saturated carbocycles. The fraction of sp³-hybridized carbons (Fsp3) is 0.263. The molecule has 0 saturated heterocycles. The first kappa shape index (κ1) is 22.9. The van der Waals surface area contributed by atoms with Crippen molar-refractivity contribution in [1.29, 1.82) is 0 Å². The van der Waals surface area contributed by atoms with E-state index >= 15 is 0 Å². The van der Waals surface area contributed by atoms with Crippen molar-refractivity contribution in [2.45, 2.75) is 19.9 Å². The molecule has 11 heteroatoms. The van der Waals surface area contributed by atoms with Crippen LogP contribution in [0.15, 0.2) is 29.6 Å². The van der Waals surface area contributed by atoms with Crippen molar-refractivity contribution in [3.05, 3.63) is 52.4 Å². The van der Waals surface area contributed by atoms with E-state index in [1.165, 1.54) is 6.07 Å². The molecular weight excluding hydrogens is 420 g/mol. The Morgan fingerprint density at radius 1 is 1.13 bits per heavy atom. The Balaban J connectivity index is 2.00. The minimum atomic E-state index is -1.26. The molecule has 1 aromatic carbocycles. The van der Waals surface area contributed by atoms with E-state index in [4.69, 9.17) is 10.5 Å². The quantitative estimate of drug-likeness (QED) is 0.543. The van der Waals surface area contributed by atoms with Crippen molar-refractivity contribution in [1.82, 2.24) is 5.32 Å². The van der Waals surface area contributed by atoms with Gasteiger partial charge in [-0.2, -0.15) is 0 Å². The topological polar surface area (TPSA) is 128 Å². The molecule has 0 aliphatic carbocycles. The minimum Gasteiger partial charge on any atom is -0.454 e. The zero-order valence-corrected chi connectivity index (χ0v) is 16.8. The summed E-state index contributed by atoms with van der Waals surface area (Å²) in [6, 6.07) is 3.10. The van der Waals surface area contributed by atoms with Crippen molar-refractivity contribution < 1.29 is 32.7 Å². The molecule has 2 rings (SSSR count). The van der Waals surface area contributed by atoms with E-state index in [0.29, 0.717) is 0 Å². The molecule has 0 aliphatic heterocycles. The molecule has 1 atom stereocenters. The SMILES string of the molecule is CC(C)C(NC(=O)c1c(F)cccc1F)C(=O)OCC(=O)Nc1sccc1C(N)=O. The molecule has 0 fully saturated rings. The van der Waals surface area contributed by atoms with Gasteiger partial charge in [0, 0.05) is 0 Å². The fourth-order valence-corrected chi connectivity index (χ4v) is 3.22. The van der Waals surface area contributed by atoms with Gasteiger partial charge in [-0.25, -0.2) is 13.6 Å². The van der Waals surface area contributed by atoms with Gasteiger partial charge in [-0.1, -0.05) is 19.9 Å². The van der Waals surface area contributed by atoms with Gasteiger partial charge in [0.2, 0.25) is 0 Å². The molecule has 0 bridgehead atoms. The number of benzene rings is 1. The Hall–Kier alpha value is -3.34. The summed E-state index contributed by atoms with van der Waals surface area (Å²) in [6.45, 7) is 2.45. The number of nitrogens with two attached hydrogens (primary N) is 1. The molecule has 0 radical (unpaired) electrons. The van der Waals surface area contributed by atoms with Crippen molar-refractivity contribution in [2.24, 2.45) is 11.7 Å². The van der Waals surface area contributed by atoms with Gasteiger partial charge in [0.05, 0.1) is 5.56 Å². The van der Waals surface area contributed by atoms with Crippen LogP contribution in [0.2, 0.25) is 0 Å². The first-order valence-electron chi connectivity index (χ1n) is 8.70. The second kappa shape index (κ2) is 9.92. The van der Waals surface area contributed by atoms with Crippen LogP contribution in [0.5, 0.6) is 0 Å². The number of esters is 1. The van der Waals surface area contributed by atoms with Crippen LogP contribution in [0.3, 0.4) is 0 Å². The van der Waals surface area contributed by atoms with E-state index in [-0.39, 0.29) is 10.6 Å². The lowest BCUT2D eigenvalue weighted by molar-refractivity contribution is -0.150. The monoisotopic (exact) mass is 439 g/mol. The second-order valence-corrected chi connectivity index (χ2v) is 7.39. The number of thiophene rings is 1. The lowest BCUT2D eigenvalue weighted by Gasteiger charge is -2.21. The second-order valence-electron chi connectivity index (χ2n) is 6.48. The predicted octanol–water partition coefficient (Wildman–Crippen LogP) is 2.06. The number of rotatable bonds is 8. The molecule has 30 heavy (non-hydrogen) atoms. The van der Waals surface area contributed by atoms with E-state index in [9.17, 15) is 28.0 Å². The number of primary amides is 1. The van der Waals surface area contributed by atoms with Crippen molar-refractivity contribution in [3.63, 3.8) is 0 Å². The Labute approximate surface area is 174 Å². The normalized spacial score (nSPS) is 11.6. The van der Waals surface area contributed by atoms with Crippen LogP contribution in [0, 0.1) is 17.6 Å². The van der Waals surface area contributed by atoms with E-state index in [1.54, 1.807) is 19.2 Å². The highest BCUT2D eigenvalue weighted by Crippen LogP contribution is 2.22. The minimum absolute atomic E-state index is 0.110. The first-order chi connectivity index (χ1) is 14.1. The molecule has 0 aliphatic rings. The number of hydrogen-bond acceptors (Lipinski definition) is 6. The average molecular weight is 439 g/mol.